The van der Waals surface area contributed by atoms with Crippen LogP contribution in [0.25, 0.3) is 0 Å². The fourth-order valence-electron chi connectivity index (χ4n) is 1.85. The quantitative estimate of drug-likeness (QED) is 0.405. The third-order valence-corrected chi connectivity index (χ3v) is 5.91. The zero-order valence-corrected chi connectivity index (χ0v) is 16.6. The van der Waals surface area contributed by atoms with E-state index in [9.17, 15) is 4.39 Å². The maximum Gasteiger partial charge on any atom is 0.191 e. The molecule has 0 atom stereocenters. The molecule has 0 aliphatic carbocycles. The number of hydrogen-bond acceptors (Lipinski definition) is 6. The van der Waals surface area contributed by atoms with Gasteiger partial charge in [0.05, 0.1) is 15.5 Å². The summed E-state index contributed by atoms with van der Waals surface area (Å²) in [6.45, 7) is 9.89. The summed E-state index contributed by atoms with van der Waals surface area (Å²) < 4.78 is 17.7. The molecule has 2 aromatic rings. The van der Waals surface area contributed by atoms with Gasteiger partial charge >= 0.3 is 0 Å². The molecule has 0 aliphatic rings. The molecule has 0 unspecified atom stereocenters. The van der Waals surface area contributed by atoms with Crippen molar-refractivity contribution in [2.24, 2.45) is 0 Å². The van der Waals surface area contributed by atoms with Gasteiger partial charge in [0.15, 0.2) is 5.76 Å². The lowest BCUT2D eigenvalue weighted by Crippen LogP contribution is -2.25. The van der Waals surface area contributed by atoms with Gasteiger partial charge in [0.1, 0.15) is 10.9 Å². The molecule has 0 spiro atoms. The monoisotopic (exact) mass is 379 g/mol. The molecule has 0 bridgehead atoms. The minimum absolute atomic E-state index is 0.154. The van der Waals surface area contributed by atoms with Crippen LogP contribution in [0.4, 0.5) is 4.39 Å². The largest absolute Gasteiger partial charge is 0.354 e. The van der Waals surface area contributed by atoms with E-state index in [4.69, 9.17) is 15.3 Å². The average Bonchev–Trinajstić information content (AvgIpc) is 2.99. The molecule has 2 N–H and O–H groups in total. The highest BCUT2D eigenvalue weighted by Crippen LogP contribution is 2.37. The number of nitrogens with one attached hydrogen (secondary N) is 2. The van der Waals surface area contributed by atoms with Gasteiger partial charge in [0, 0.05) is 16.4 Å². The molecule has 1 aromatic carbocycles. The molecule has 7 heteroatoms. The Morgan fingerprint density at radius 2 is 1.68 bits per heavy atom. The van der Waals surface area contributed by atoms with Crippen LogP contribution in [0.5, 0.6) is 0 Å². The zero-order chi connectivity index (χ0) is 18.8. The van der Waals surface area contributed by atoms with Crippen molar-refractivity contribution < 1.29 is 8.91 Å². The molecule has 0 fully saturated rings. The fraction of sp³-hybridized carbons (Fsp3) is 0.389. The van der Waals surface area contributed by atoms with E-state index in [1.54, 1.807) is 18.2 Å². The summed E-state index contributed by atoms with van der Waals surface area (Å²) in [5.74, 6) is 0.0793. The van der Waals surface area contributed by atoms with Crippen LogP contribution in [0.15, 0.2) is 39.8 Å². The Labute approximate surface area is 156 Å². The average molecular weight is 380 g/mol. The van der Waals surface area contributed by atoms with E-state index in [0.29, 0.717) is 10.8 Å². The summed E-state index contributed by atoms with van der Waals surface area (Å²) in [4.78, 5) is 0.873. The molecule has 0 aliphatic heterocycles. The summed E-state index contributed by atoms with van der Waals surface area (Å²) in [5, 5.41) is 21.0. The van der Waals surface area contributed by atoms with Crippen molar-refractivity contribution in [2.45, 2.75) is 49.7 Å². The normalized spacial score (nSPS) is 12.2. The van der Waals surface area contributed by atoms with Crippen LogP contribution in [0.3, 0.4) is 0 Å². The van der Waals surface area contributed by atoms with E-state index < -0.39 is 4.75 Å². The van der Waals surface area contributed by atoms with E-state index in [0.717, 1.165) is 22.4 Å². The fourth-order valence-corrected chi connectivity index (χ4v) is 3.71. The second-order valence-corrected chi connectivity index (χ2v) is 9.87. The van der Waals surface area contributed by atoms with Crippen molar-refractivity contribution in [3.8, 4) is 0 Å². The SMILES string of the molecule is CC(C)(Sc1ccc(F)cc1)C(=N)SC(=N)c1cc(C(C)(C)C)no1. The second-order valence-electron chi connectivity index (χ2n) is 7.15. The Morgan fingerprint density at radius 1 is 1.08 bits per heavy atom. The molecule has 2 rings (SSSR count). The number of hydrogen-bond donors (Lipinski definition) is 2. The van der Waals surface area contributed by atoms with Crippen LogP contribution in [0.2, 0.25) is 0 Å². The Kier molecular flexibility index (Phi) is 5.79. The first kappa shape index (κ1) is 19.7. The third kappa shape index (κ3) is 5.19. The summed E-state index contributed by atoms with van der Waals surface area (Å²) >= 11 is 2.50. The lowest BCUT2D eigenvalue weighted by molar-refractivity contribution is 0.388. The summed E-state index contributed by atoms with van der Waals surface area (Å²) in [5.41, 5.74) is 0.622. The van der Waals surface area contributed by atoms with Gasteiger partial charge in [-0.3, -0.25) is 10.8 Å². The maximum atomic E-state index is 13.0. The number of aromatic nitrogens is 1. The van der Waals surface area contributed by atoms with Gasteiger partial charge in [0.25, 0.3) is 0 Å². The lowest BCUT2D eigenvalue weighted by atomic mass is 9.92. The Balaban J connectivity index is 2.05. The van der Waals surface area contributed by atoms with E-state index in [1.165, 1.54) is 23.9 Å². The number of benzene rings is 1. The minimum Gasteiger partial charge on any atom is -0.354 e. The highest BCUT2D eigenvalue weighted by Gasteiger charge is 2.29. The topological polar surface area (TPSA) is 73.7 Å². The molecule has 0 saturated heterocycles. The molecular weight excluding hydrogens is 357 g/mol. The maximum absolute atomic E-state index is 13.0. The van der Waals surface area contributed by atoms with Gasteiger partial charge < -0.3 is 4.52 Å². The molecule has 25 heavy (non-hydrogen) atoms. The van der Waals surface area contributed by atoms with Gasteiger partial charge in [0.2, 0.25) is 0 Å². The van der Waals surface area contributed by atoms with Crippen LogP contribution >= 0.6 is 23.5 Å². The second kappa shape index (κ2) is 7.33. The zero-order valence-electron chi connectivity index (χ0n) is 14.9. The van der Waals surface area contributed by atoms with Crippen molar-refractivity contribution in [3.63, 3.8) is 0 Å². The molecule has 1 aromatic heterocycles. The first-order chi connectivity index (χ1) is 11.5. The molecule has 1 heterocycles. The lowest BCUT2D eigenvalue weighted by Gasteiger charge is -2.24. The predicted molar refractivity (Wildman–Crippen MR) is 104 cm³/mol. The molecule has 0 radical (unpaired) electrons. The minimum atomic E-state index is -0.554. The molecule has 0 amide bonds. The van der Waals surface area contributed by atoms with Crippen LogP contribution in [-0.4, -0.2) is 20.0 Å². The number of thioether (sulfide) groups is 2. The first-order valence-electron chi connectivity index (χ1n) is 7.76. The Bertz CT molecular complexity index is 776. The van der Waals surface area contributed by atoms with Crippen LogP contribution in [0.1, 0.15) is 46.1 Å². The van der Waals surface area contributed by atoms with Crippen molar-refractivity contribution in [1.82, 2.24) is 5.16 Å². The third-order valence-electron chi connectivity index (χ3n) is 3.44. The van der Waals surface area contributed by atoms with Crippen LogP contribution in [-0.2, 0) is 5.41 Å². The van der Waals surface area contributed by atoms with Gasteiger partial charge in [-0.05, 0) is 38.1 Å². The number of halogens is 1. The number of rotatable bonds is 4. The van der Waals surface area contributed by atoms with E-state index in [-0.39, 0.29) is 16.3 Å². The van der Waals surface area contributed by atoms with Crippen LogP contribution in [0, 0.1) is 16.6 Å². The van der Waals surface area contributed by atoms with Crippen molar-refractivity contribution >= 4 is 33.6 Å². The highest BCUT2D eigenvalue weighted by molar-refractivity contribution is 8.28. The molecule has 134 valence electrons. The molecular formula is C18H22FN3OS2. The van der Waals surface area contributed by atoms with E-state index in [1.807, 2.05) is 34.6 Å². The molecule has 0 saturated carbocycles. The van der Waals surface area contributed by atoms with E-state index in [2.05, 4.69) is 5.16 Å². The van der Waals surface area contributed by atoms with Crippen molar-refractivity contribution in [2.75, 3.05) is 0 Å². The van der Waals surface area contributed by atoms with Gasteiger partial charge in [-0.1, -0.05) is 37.7 Å². The van der Waals surface area contributed by atoms with Gasteiger partial charge in [-0.2, -0.15) is 0 Å². The smallest absolute Gasteiger partial charge is 0.191 e. The van der Waals surface area contributed by atoms with E-state index >= 15 is 0 Å². The standard InChI is InChI=1S/C18H22FN3OS2/c1-17(2,3)14-10-13(23-22-14)15(20)24-16(21)18(4,5)25-12-8-6-11(19)7-9-12/h6-10,20-21H,1-5H3. The Hall–Kier alpha value is -1.60. The molecule has 4 nitrogen and oxygen atoms in total. The summed E-state index contributed by atoms with van der Waals surface area (Å²) in [7, 11) is 0. The summed E-state index contributed by atoms with van der Waals surface area (Å²) in [6.07, 6.45) is 0. The number of nitrogens with zero attached hydrogens (tertiary/aromatic N) is 1. The summed E-state index contributed by atoms with van der Waals surface area (Å²) in [6, 6.07) is 7.94. The first-order valence-corrected chi connectivity index (χ1v) is 9.40. The van der Waals surface area contributed by atoms with Crippen molar-refractivity contribution in [3.05, 3.63) is 47.6 Å². The van der Waals surface area contributed by atoms with Gasteiger partial charge in [-0.25, -0.2) is 4.39 Å². The van der Waals surface area contributed by atoms with Crippen LogP contribution < -0.4 is 0 Å². The highest BCUT2D eigenvalue weighted by atomic mass is 32.2. The predicted octanol–water partition coefficient (Wildman–Crippen LogP) is 5.72. The van der Waals surface area contributed by atoms with Crippen molar-refractivity contribution in [1.29, 1.82) is 10.8 Å². The van der Waals surface area contributed by atoms with Gasteiger partial charge in [-0.15, -0.1) is 11.8 Å². The Morgan fingerprint density at radius 3 is 2.20 bits per heavy atom.